The average molecular weight is 274 g/mol. The van der Waals surface area contributed by atoms with Crippen LogP contribution in [0.3, 0.4) is 0 Å². The fourth-order valence-electron chi connectivity index (χ4n) is 3.26. The Morgan fingerprint density at radius 3 is 2.55 bits per heavy atom. The Bertz CT molecular complexity index is 495. The molecule has 0 amide bonds. The highest BCUT2D eigenvalue weighted by atomic mass is 15.2. The quantitative estimate of drug-likeness (QED) is 0.914. The van der Waals surface area contributed by atoms with E-state index in [2.05, 4.69) is 37.9 Å². The molecule has 20 heavy (non-hydrogen) atoms. The van der Waals surface area contributed by atoms with E-state index in [4.69, 9.17) is 9.97 Å². The number of anilines is 2. The molecule has 2 fully saturated rings. The van der Waals surface area contributed by atoms with Crippen LogP contribution in [0.1, 0.15) is 57.3 Å². The first kappa shape index (κ1) is 13.7. The van der Waals surface area contributed by atoms with Crippen LogP contribution in [0.5, 0.6) is 0 Å². The Hall–Kier alpha value is -1.32. The van der Waals surface area contributed by atoms with Gasteiger partial charge in [-0.3, -0.25) is 0 Å². The smallest absolute Gasteiger partial charge is 0.137 e. The summed E-state index contributed by atoms with van der Waals surface area (Å²) in [5, 5.41) is 3.41. The Kier molecular flexibility index (Phi) is 3.57. The monoisotopic (exact) mass is 274 g/mol. The molecule has 2 atom stereocenters. The van der Waals surface area contributed by atoms with Gasteiger partial charge in [0.05, 0.1) is 0 Å². The molecule has 2 unspecified atom stereocenters. The first-order chi connectivity index (χ1) is 9.60. The summed E-state index contributed by atoms with van der Waals surface area (Å²) in [4.78, 5) is 12.2. The summed E-state index contributed by atoms with van der Waals surface area (Å²) >= 11 is 0. The normalized spacial score (nSPS) is 26.1. The molecule has 1 aromatic rings. The van der Waals surface area contributed by atoms with E-state index >= 15 is 0 Å². The van der Waals surface area contributed by atoms with E-state index in [1.165, 1.54) is 24.8 Å². The maximum absolute atomic E-state index is 4.92. The van der Waals surface area contributed by atoms with E-state index in [0.29, 0.717) is 12.0 Å². The second-order valence-electron chi connectivity index (χ2n) is 6.53. The summed E-state index contributed by atoms with van der Waals surface area (Å²) in [7, 11) is 0. The molecule has 0 bridgehead atoms. The SMILES string of the molecule is CCNc1nc(C2CC2)nc(N2CC(C)CC2C)c1C. The van der Waals surface area contributed by atoms with Crippen LogP contribution in [0.4, 0.5) is 11.6 Å². The van der Waals surface area contributed by atoms with Gasteiger partial charge in [0.25, 0.3) is 0 Å². The van der Waals surface area contributed by atoms with E-state index in [-0.39, 0.29) is 0 Å². The molecular formula is C16H26N4. The van der Waals surface area contributed by atoms with Gasteiger partial charge < -0.3 is 10.2 Å². The number of nitrogens with one attached hydrogen (secondary N) is 1. The number of nitrogens with zero attached hydrogens (tertiary/aromatic N) is 3. The summed E-state index contributed by atoms with van der Waals surface area (Å²) in [6, 6.07) is 0.583. The largest absolute Gasteiger partial charge is 0.370 e. The summed E-state index contributed by atoms with van der Waals surface area (Å²) in [6.07, 6.45) is 3.76. The van der Waals surface area contributed by atoms with Crippen molar-refractivity contribution in [2.24, 2.45) is 5.92 Å². The first-order valence-electron chi connectivity index (χ1n) is 7.99. The van der Waals surface area contributed by atoms with Gasteiger partial charge >= 0.3 is 0 Å². The molecule has 1 N–H and O–H groups in total. The third-order valence-corrected chi connectivity index (χ3v) is 4.48. The van der Waals surface area contributed by atoms with Gasteiger partial charge in [0.2, 0.25) is 0 Å². The summed E-state index contributed by atoms with van der Waals surface area (Å²) in [6.45, 7) is 11.0. The van der Waals surface area contributed by atoms with Crippen LogP contribution < -0.4 is 10.2 Å². The van der Waals surface area contributed by atoms with Crippen molar-refractivity contribution < 1.29 is 0 Å². The predicted molar refractivity (Wildman–Crippen MR) is 83.5 cm³/mol. The molecule has 4 heteroatoms. The lowest BCUT2D eigenvalue weighted by molar-refractivity contribution is 0.625. The van der Waals surface area contributed by atoms with Crippen LogP contribution in [0.2, 0.25) is 0 Å². The van der Waals surface area contributed by atoms with Crippen LogP contribution in [-0.4, -0.2) is 29.1 Å². The third kappa shape index (κ3) is 2.48. The highest BCUT2D eigenvalue weighted by Crippen LogP contribution is 2.41. The Morgan fingerprint density at radius 2 is 2.00 bits per heavy atom. The van der Waals surface area contributed by atoms with Crippen molar-refractivity contribution in [3.8, 4) is 0 Å². The number of rotatable bonds is 4. The van der Waals surface area contributed by atoms with E-state index in [1.807, 2.05) is 0 Å². The zero-order chi connectivity index (χ0) is 14.3. The molecule has 110 valence electrons. The zero-order valence-corrected chi connectivity index (χ0v) is 13.1. The van der Waals surface area contributed by atoms with Crippen molar-refractivity contribution in [3.05, 3.63) is 11.4 Å². The van der Waals surface area contributed by atoms with Crippen molar-refractivity contribution in [1.29, 1.82) is 0 Å². The molecular weight excluding hydrogens is 248 g/mol. The molecule has 0 radical (unpaired) electrons. The lowest BCUT2D eigenvalue weighted by atomic mass is 10.1. The summed E-state index contributed by atoms with van der Waals surface area (Å²) < 4.78 is 0. The van der Waals surface area contributed by atoms with Crippen LogP contribution in [0.15, 0.2) is 0 Å². The molecule has 1 aliphatic carbocycles. The summed E-state index contributed by atoms with van der Waals surface area (Å²) in [5.41, 5.74) is 1.21. The second kappa shape index (κ2) is 5.23. The van der Waals surface area contributed by atoms with Gasteiger partial charge in [0, 0.05) is 30.6 Å². The number of aromatic nitrogens is 2. The minimum Gasteiger partial charge on any atom is -0.370 e. The minimum atomic E-state index is 0.583. The van der Waals surface area contributed by atoms with Crippen molar-refractivity contribution in [3.63, 3.8) is 0 Å². The second-order valence-corrected chi connectivity index (χ2v) is 6.53. The molecule has 1 aliphatic heterocycles. The highest BCUT2D eigenvalue weighted by Gasteiger charge is 2.32. The molecule has 1 aromatic heterocycles. The molecule has 4 nitrogen and oxygen atoms in total. The number of hydrogen-bond acceptors (Lipinski definition) is 4. The van der Waals surface area contributed by atoms with Crippen molar-refractivity contribution in [1.82, 2.24) is 9.97 Å². The third-order valence-electron chi connectivity index (χ3n) is 4.48. The van der Waals surface area contributed by atoms with Gasteiger partial charge in [0.1, 0.15) is 17.5 Å². The van der Waals surface area contributed by atoms with E-state index < -0.39 is 0 Å². The fourth-order valence-corrected chi connectivity index (χ4v) is 3.26. The van der Waals surface area contributed by atoms with Gasteiger partial charge in [-0.15, -0.1) is 0 Å². The molecule has 1 saturated heterocycles. The van der Waals surface area contributed by atoms with Crippen molar-refractivity contribution in [2.75, 3.05) is 23.3 Å². The lowest BCUT2D eigenvalue weighted by Crippen LogP contribution is -2.29. The fraction of sp³-hybridized carbons (Fsp3) is 0.750. The molecule has 0 spiro atoms. The maximum atomic E-state index is 4.92. The molecule has 2 aliphatic rings. The Morgan fingerprint density at radius 1 is 1.25 bits per heavy atom. The molecule has 0 aromatic carbocycles. The Balaban J connectivity index is 1.99. The highest BCUT2D eigenvalue weighted by molar-refractivity contribution is 5.60. The zero-order valence-electron chi connectivity index (χ0n) is 13.1. The van der Waals surface area contributed by atoms with E-state index in [1.54, 1.807) is 0 Å². The van der Waals surface area contributed by atoms with E-state index in [0.717, 1.165) is 36.5 Å². The standard InChI is InChI=1S/C16H26N4/c1-5-17-14-12(4)16(19-15(18-14)13-6-7-13)20-9-10(2)8-11(20)3/h10-11,13H,5-9H2,1-4H3,(H,17,18,19). The van der Waals surface area contributed by atoms with Crippen LogP contribution in [0, 0.1) is 12.8 Å². The minimum absolute atomic E-state index is 0.583. The molecule has 1 saturated carbocycles. The van der Waals surface area contributed by atoms with Gasteiger partial charge in [-0.1, -0.05) is 6.92 Å². The molecule has 3 rings (SSSR count). The van der Waals surface area contributed by atoms with Gasteiger partial charge in [-0.2, -0.15) is 0 Å². The predicted octanol–water partition coefficient (Wildman–Crippen LogP) is 3.33. The van der Waals surface area contributed by atoms with Crippen LogP contribution in [-0.2, 0) is 0 Å². The topological polar surface area (TPSA) is 41.1 Å². The Labute approximate surface area is 122 Å². The summed E-state index contributed by atoms with van der Waals surface area (Å²) in [5.74, 6) is 4.60. The average Bonchev–Trinajstić information content (AvgIpc) is 3.18. The van der Waals surface area contributed by atoms with Crippen LogP contribution >= 0.6 is 0 Å². The van der Waals surface area contributed by atoms with Gasteiger partial charge in [-0.25, -0.2) is 9.97 Å². The molecule has 2 heterocycles. The van der Waals surface area contributed by atoms with Crippen LogP contribution in [0.25, 0.3) is 0 Å². The maximum Gasteiger partial charge on any atom is 0.137 e. The first-order valence-corrected chi connectivity index (χ1v) is 7.99. The van der Waals surface area contributed by atoms with Gasteiger partial charge in [-0.05, 0) is 46.0 Å². The van der Waals surface area contributed by atoms with Crippen molar-refractivity contribution in [2.45, 2.75) is 58.9 Å². The van der Waals surface area contributed by atoms with Gasteiger partial charge in [0.15, 0.2) is 0 Å². The number of hydrogen-bond donors (Lipinski definition) is 1. The van der Waals surface area contributed by atoms with Crippen molar-refractivity contribution >= 4 is 11.6 Å². The van der Waals surface area contributed by atoms with E-state index in [9.17, 15) is 0 Å². The lowest BCUT2D eigenvalue weighted by Gasteiger charge is -2.26.